The third kappa shape index (κ3) is 3.88. The Morgan fingerprint density at radius 2 is 2.29 bits per heavy atom. The van der Waals surface area contributed by atoms with Gasteiger partial charge < -0.3 is 10.6 Å². The fraction of sp³-hybridized carbons (Fsp3) is 0.625. The Labute approximate surface area is 131 Å². The molecular weight excluding hydrogens is 286 g/mol. The van der Waals surface area contributed by atoms with Crippen molar-refractivity contribution in [3.8, 4) is 0 Å². The molecule has 21 heavy (non-hydrogen) atoms. The predicted molar refractivity (Wildman–Crippen MR) is 86.9 cm³/mol. The van der Waals surface area contributed by atoms with Crippen LogP contribution in [0.1, 0.15) is 56.8 Å². The zero-order valence-electron chi connectivity index (χ0n) is 13.0. The first-order valence-electron chi connectivity index (χ1n) is 7.64. The highest BCUT2D eigenvalue weighted by atomic mass is 35.5. The van der Waals surface area contributed by atoms with Gasteiger partial charge in [0.1, 0.15) is 5.82 Å². The molecule has 0 bridgehead atoms. The van der Waals surface area contributed by atoms with E-state index in [1.165, 1.54) is 6.20 Å². The summed E-state index contributed by atoms with van der Waals surface area (Å²) in [6.07, 6.45) is 5.87. The molecule has 4 nitrogen and oxygen atoms in total. The molecule has 1 aromatic heterocycles. The van der Waals surface area contributed by atoms with Gasteiger partial charge in [-0.1, -0.05) is 38.8 Å². The summed E-state index contributed by atoms with van der Waals surface area (Å²) in [7, 11) is 0. The van der Waals surface area contributed by atoms with E-state index < -0.39 is 0 Å². The Bertz CT molecular complexity index is 516. The highest BCUT2D eigenvalue weighted by Gasteiger charge is 2.35. The van der Waals surface area contributed by atoms with E-state index in [1.54, 1.807) is 6.07 Å². The van der Waals surface area contributed by atoms with E-state index in [0.717, 1.165) is 32.2 Å². The minimum absolute atomic E-state index is 0.109. The SMILES string of the molecule is CCCNc1cc(C(=O)NC2CCCC2(C)C)c(Cl)cn1. The number of carbonyl (C=O) groups excluding carboxylic acids is 1. The van der Waals surface area contributed by atoms with Crippen molar-refractivity contribution < 1.29 is 4.79 Å². The van der Waals surface area contributed by atoms with Crippen LogP contribution in [0.2, 0.25) is 5.02 Å². The van der Waals surface area contributed by atoms with Gasteiger partial charge in [0.15, 0.2) is 0 Å². The second kappa shape index (κ2) is 6.65. The van der Waals surface area contributed by atoms with E-state index in [1.807, 2.05) is 0 Å². The Morgan fingerprint density at radius 3 is 2.90 bits per heavy atom. The van der Waals surface area contributed by atoms with Gasteiger partial charge in [0.05, 0.1) is 10.6 Å². The van der Waals surface area contributed by atoms with Crippen LogP contribution >= 0.6 is 11.6 Å². The standard InChI is InChI=1S/C16H24ClN3O/c1-4-8-18-14-9-11(12(17)10-19-14)15(21)20-13-6-5-7-16(13,2)3/h9-10,13H,4-8H2,1-3H3,(H,18,19)(H,20,21). The van der Waals surface area contributed by atoms with E-state index >= 15 is 0 Å². The molecule has 2 N–H and O–H groups in total. The van der Waals surface area contributed by atoms with Gasteiger partial charge in [0.25, 0.3) is 5.91 Å². The van der Waals surface area contributed by atoms with Gasteiger partial charge in [-0.05, 0) is 30.7 Å². The van der Waals surface area contributed by atoms with E-state index in [2.05, 4.69) is 36.4 Å². The molecule has 1 saturated carbocycles. The van der Waals surface area contributed by atoms with Crippen LogP contribution in [-0.2, 0) is 0 Å². The van der Waals surface area contributed by atoms with E-state index in [9.17, 15) is 4.79 Å². The third-order valence-electron chi connectivity index (χ3n) is 4.22. The Kier molecular flexibility index (Phi) is 5.09. The highest BCUT2D eigenvalue weighted by molar-refractivity contribution is 6.33. The zero-order chi connectivity index (χ0) is 15.5. The molecule has 1 heterocycles. The summed E-state index contributed by atoms with van der Waals surface area (Å²) in [5.41, 5.74) is 0.645. The molecule has 1 atom stereocenters. The Hall–Kier alpha value is -1.29. The summed E-state index contributed by atoms with van der Waals surface area (Å²) in [5, 5.41) is 6.70. The quantitative estimate of drug-likeness (QED) is 0.868. The number of anilines is 1. The molecule has 1 aliphatic carbocycles. The van der Waals surface area contributed by atoms with E-state index in [4.69, 9.17) is 11.6 Å². The molecule has 1 fully saturated rings. The first kappa shape index (κ1) is 16.1. The fourth-order valence-corrected chi connectivity index (χ4v) is 2.98. The van der Waals surface area contributed by atoms with Crippen molar-refractivity contribution in [3.05, 3.63) is 22.8 Å². The molecule has 0 aromatic carbocycles. The van der Waals surface area contributed by atoms with Gasteiger partial charge >= 0.3 is 0 Å². The Balaban J connectivity index is 2.11. The molecule has 1 aliphatic rings. The van der Waals surface area contributed by atoms with Crippen molar-refractivity contribution in [2.24, 2.45) is 5.41 Å². The lowest BCUT2D eigenvalue weighted by Gasteiger charge is -2.28. The van der Waals surface area contributed by atoms with Gasteiger partial charge in [0, 0.05) is 18.8 Å². The number of aromatic nitrogens is 1. The van der Waals surface area contributed by atoms with Gasteiger partial charge in [-0.3, -0.25) is 4.79 Å². The summed E-state index contributed by atoms with van der Waals surface area (Å²) in [4.78, 5) is 16.7. The summed E-state index contributed by atoms with van der Waals surface area (Å²) in [6.45, 7) is 7.31. The summed E-state index contributed by atoms with van der Waals surface area (Å²) < 4.78 is 0. The molecule has 1 amide bonds. The van der Waals surface area contributed by atoms with Crippen molar-refractivity contribution in [1.82, 2.24) is 10.3 Å². The molecule has 0 saturated heterocycles. The lowest BCUT2D eigenvalue weighted by atomic mass is 9.87. The first-order chi connectivity index (χ1) is 9.94. The maximum absolute atomic E-state index is 12.5. The average Bonchev–Trinajstić information content (AvgIpc) is 2.77. The largest absolute Gasteiger partial charge is 0.370 e. The van der Waals surface area contributed by atoms with Crippen LogP contribution < -0.4 is 10.6 Å². The summed E-state index contributed by atoms with van der Waals surface area (Å²) in [6, 6.07) is 1.94. The maximum Gasteiger partial charge on any atom is 0.253 e. The van der Waals surface area contributed by atoms with Crippen LogP contribution in [0, 0.1) is 5.41 Å². The fourth-order valence-electron chi connectivity index (χ4n) is 2.79. The topological polar surface area (TPSA) is 54.0 Å². The molecule has 2 rings (SSSR count). The number of halogens is 1. The third-order valence-corrected chi connectivity index (χ3v) is 4.52. The van der Waals surface area contributed by atoms with Crippen LogP contribution in [-0.4, -0.2) is 23.5 Å². The molecule has 0 radical (unpaired) electrons. The minimum atomic E-state index is -0.109. The van der Waals surface area contributed by atoms with Gasteiger partial charge in [-0.2, -0.15) is 0 Å². The lowest BCUT2D eigenvalue weighted by molar-refractivity contribution is 0.0910. The monoisotopic (exact) mass is 309 g/mol. The van der Waals surface area contributed by atoms with Crippen LogP contribution in [0.5, 0.6) is 0 Å². The molecule has 5 heteroatoms. The zero-order valence-corrected chi connectivity index (χ0v) is 13.8. The van der Waals surface area contributed by atoms with Crippen LogP contribution in [0.25, 0.3) is 0 Å². The number of carbonyl (C=O) groups is 1. The van der Waals surface area contributed by atoms with Crippen molar-refractivity contribution in [3.63, 3.8) is 0 Å². The van der Waals surface area contributed by atoms with Gasteiger partial charge in [-0.15, -0.1) is 0 Å². The molecule has 1 unspecified atom stereocenters. The molecular formula is C16H24ClN3O. The second-order valence-corrected chi connectivity index (χ2v) is 6.79. The number of amides is 1. The predicted octanol–water partition coefficient (Wildman–Crippen LogP) is 3.87. The number of hydrogen-bond donors (Lipinski definition) is 2. The highest BCUT2D eigenvalue weighted by Crippen LogP contribution is 2.37. The molecule has 1 aromatic rings. The second-order valence-electron chi connectivity index (χ2n) is 6.38. The number of hydrogen-bond acceptors (Lipinski definition) is 3. The van der Waals surface area contributed by atoms with Crippen molar-refractivity contribution >= 4 is 23.3 Å². The minimum Gasteiger partial charge on any atom is -0.370 e. The maximum atomic E-state index is 12.5. The number of nitrogens with zero attached hydrogens (tertiary/aromatic N) is 1. The number of nitrogens with one attached hydrogen (secondary N) is 2. The number of pyridine rings is 1. The van der Waals surface area contributed by atoms with Crippen molar-refractivity contribution in [2.75, 3.05) is 11.9 Å². The smallest absolute Gasteiger partial charge is 0.253 e. The van der Waals surface area contributed by atoms with Gasteiger partial charge in [0.2, 0.25) is 0 Å². The normalized spacial score (nSPS) is 20.3. The van der Waals surface area contributed by atoms with E-state index in [-0.39, 0.29) is 17.4 Å². The van der Waals surface area contributed by atoms with E-state index in [0.29, 0.717) is 16.4 Å². The van der Waals surface area contributed by atoms with Crippen LogP contribution in [0.15, 0.2) is 12.3 Å². The van der Waals surface area contributed by atoms with Crippen molar-refractivity contribution in [2.45, 2.75) is 52.5 Å². The van der Waals surface area contributed by atoms with Gasteiger partial charge in [-0.25, -0.2) is 4.98 Å². The first-order valence-corrected chi connectivity index (χ1v) is 8.02. The summed E-state index contributed by atoms with van der Waals surface area (Å²) >= 11 is 6.13. The molecule has 116 valence electrons. The number of rotatable bonds is 5. The Morgan fingerprint density at radius 1 is 1.52 bits per heavy atom. The summed E-state index contributed by atoms with van der Waals surface area (Å²) in [5.74, 6) is 0.582. The average molecular weight is 310 g/mol. The van der Waals surface area contributed by atoms with Crippen molar-refractivity contribution in [1.29, 1.82) is 0 Å². The molecule has 0 aliphatic heterocycles. The lowest BCUT2D eigenvalue weighted by Crippen LogP contribution is -2.41. The van der Waals surface area contributed by atoms with Crippen LogP contribution in [0.4, 0.5) is 5.82 Å². The molecule has 0 spiro atoms. The van der Waals surface area contributed by atoms with Crippen LogP contribution in [0.3, 0.4) is 0 Å².